The van der Waals surface area contributed by atoms with Gasteiger partial charge in [0.2, 0.25) is 0 Å². The maximum atomic E-state index is 12.3. The Morgan fingerprint density at radius 2 is 1.25 bits per heavy atom. The number of carbonyl (C=O) groups excluding carboxylic acids is 1. The van der Waals surface area contributed by atoms with Gasteiger partial charge >= 0.3 is 5.97 Å². The van der Waals surface area contributed by atoms with Crippen molar-refractivity contribution in [3.05, 3.63) is 0 Å². The van der Waals surface area contributed by atoms with Gasteiger partial charge in [0, 0.05) is 6.61 Å². The summed E-state index contributed by atoms with van der Waals surface area (Å²) >= 11 is 2.15. The minimum Gasteiger partial charge on any atom is -0.462 e. The zero-order valence-corrected chi connectivity index (χ0v) is 27.5. The van der Waals surface area contributed by atoms with Gasteiger partial charge in [-0.05, 0) is 69.7 Å². The molecule has 0 aliphatic rings. The molecule has 0 bridgehead atoms. The van der Waals surface area contributed by atoms with Crippen molar-refractivity contribution < 1.29 is 18.7 Å². The van der Waals surface area contributed by atoms with E-state index >= 15 is 0 Å². The maximum Gasteiger partial charge on any atom is 0.311 e. The first-order valence-corrected chi connectivity index (χ1v) is 18.9. The molecule has 0 saturated carbocycles. The summed E-state index contributed by atoms with van der Waals surface area (Å²) in [4.78, 5) is 12.3. The third-order valence-corrected chi connectivity index (χ3v) is 12.7. The molecule has 1 atom stereocenters. The fraction of sp³-hybridized carbons (Fsp3) is 0.967. The first-order valence-electron chi connectivity index (χ1n) is 14.8. The van der Waals surface area contributed by atoms with E-state index in [2.05, 4.69) is 52.6 Å². The molecule has 0 aromatic carbocycles. The molecule has 4 nitrogen and oxygen atoms in total. The summed E-state index contributed by atoms with van der Waals surface area (Å²) < 4.78 is 18.1. The van der Waals surface area contributed by atoms with Crippen molar-refractivity contribution in [2.45, 2.75) is 150 Å². The van der Waals surface area contributed by atoms with E-state index < -0.39 is 13.7 Å². The Labute approximate surface area is 230 Å². The summed E-state index contributed by atoms with van der Waals surface area (Å²) in [6.45, 7) is 20.6. The normalized spacial score (nSPS) is 13.7. The molecule has 216 valence electrons. The number of esters is 1. The van der Waals surface area contributed by atoms with Crippen LogP contribution in [-0.4, -0.2) is 51.7 Å². The third-order valence-electron chi connectivity index (χ3n) is 7.05. The van der Waals surface area contributed by atoms with E-state index in [1.54, 1.807) is 0 Å². The highest BCUT2D eigenvalue weighted by atomic mass is 32.2. The standard InChI is InChI=1S/C30H62O4SSi/c1-10-11-12-13-17-20-23-35-24-21-18-15-14-16-19-22-32-25-27(26-33-28(31)29(2,3)4)34-36(8,9)30(5,6)7/h27H,10-26H2,1-9H3. The lowest BCUT2D eigenvalue weighted by Gasteiger charge is -2.39. The van der Waals surface area contributed by atoms with E-state index in [9.17, 15) is 4.79 Å². The lowest BCUT2D eigenvalue weighted by Crippen LogP contribution is -2.46. The molecule has 36 heavy (non-hydrogen) atoms. The number of carbonyl (C=O) groups is 1. The largest absolute Gasteiger partial charge is 0.462 e. The molecule has 0 rings (SSSR count). The zero-order valence-electron chi connectivity index (χ0n) is 25.6. The predicted octanol–water partition coefficient (Wildman–Crippen LogP) is 9.42. The molecule has 6 heteroatoms. The summed E-state index contributed by atoms with van der Waals surface area (Å²) in [5.41, 5.74) is -0.505. The average molecular weight is 547 g/mol. The van der Waals surface area contributed by atoms with Gasteiger partial charge < -0.3 is 13.9 Å². The molecule has 0 saturated heterocycles. The van der Waals surface area contributed by atoms with Gasteiger partial charge in [0.1, 0.15) is 12.7 Å². The first kappa shape index (κ1) is 36.0. The van der Waals surface area contributed by atoms with Gasteiger partial charge in [-0.25, -0.2) is 0 Å². The minimum atomic E-state index is -1.97. The monoisotopic (exact) mass is 546 g/mol. The second kappa shape index (κ2) is 19.9. The van der Waals surface area contributed by atoms with Crippen LogP contribution in [0.15, 0.2) is 0 Å². The summed E-state index contributed by atoms with van der Waals surface area (Å²) in [7, 11) is -1.97. The summed E-state index contributed by atoms with van der Waals surface area (Å²) in [6, 6.07) is 0. The number of hydrogen-bond acceptors (Lipinski definition) is 5. The fourth-order valence-corrected chi connectivity index (χ4v) is 5.85. The Bertz CT molecular complexity index is 540. The highest BCUT2D eigenvalue weighted by Crippen LogP contribution is 2.37. The van der Waals surface area contributed by atoms with Crippen LogP contribution in [0.5, 0.6) is 0 Å². The van der Waals surface area contributed by atoms with Crippen molar-refractivity contribution in [1.82, 2.24) is 0 Å². The van der Waals surface area contributed by atoms with E-state index in [0.717, 1.165) is 13.0 Å². The van der Waals surface area contributed by atoms with Crippen molar-refractivity contribution in [3.8, 4) is 0 Å². The molecule has 0 fully saturated rings. The predicted molar refractivity (Wildman–Crippen MR) is 162 cm³/mol. The first-order chi connectivity index (χ1) is 16.8. The van der Waals surface area contributed by atoms with Crippen LogP contribution in [0.4, 0.5) is 0 Å². The number of ether oxygens (including phenoxy) is 2. The van der Waals surface area contributed by atoms with Gasteiger partial charge in [-0.3, -0.25) is 4.79 Å². The molecule has 0 aliphatic carbocycles. The number of rotatable bonds is 22. The Morgan fingerprint density at radius 1 is 0.750 bits per heavy atom. The number of hydrogen-bond donors (Lipinski definition) is 0. The van der Waals surface area contributed by atoms with E-state index in [1.807, 2.05) is 20.8 Å². The third kappa shape index (κ3) is 19.1. The van der Waals surface area contributed by atoms with E-state index in [0.29, 0.717) is 6.61 Å². The molecule has 0 heterocycles. The van der Waals surface area contributed by atoms with Gasteiger partial charge in [-0.1, -0.05) is 85.5 Å². The van der Waals surface area contributed by atoms with Crippen molar-refractivity contribution in [2.75, 3.05) is 31.3 Å². The molecule has 0 aliphatic heterocycles. The average Bonchev–Trinajstić information content (AvgIpc) is 2.77. The molecule has 1 unspecified atom stereocenters. The highest BCUT2D eigenvalue weighted by molar-refractivity contribution is 7.99. The van der Waals surface area contributed by atoms with Gasteiger partial charge in [-0.15, -0.1) is 0 Å². The lowest BCUT2D eigenvalue weighted by molar-refractivity contribution is -0.156. The van der Waals surface area contributed by atoms with Crippen molar-refractivity contribution in [1.29, 1.82) is 0 Å². The van der Waals surface area contributed by atoms with Crippen LogP contribution in [0.1, 0.15) is 126 Å². The van der Waals surface area contributed by atoms with E-state index in [1.165, 1.54) is 82.1 Å². The number of thioether (sulfide) groups is 1. The summed E-state index contributed by atoms with van der Waals surface area (Å²) in [5, 5.41) is 0.103. The summed E-state index contributed by atoms with van der Waals surface area (Å²) in [6.07, 6.45) is 15.8. The fourth-order valence-electron chi connectivity index (χ4n) is 3.51. The molecular formula is C30H62O4SSi. The van der Waals surface area contributed by atoms with Gasteiger partial charge in [0.25, 0.3) is 0 Å². The van der Waals surface area contributed by atoms with Gasteiger partial charge in [0.15, 0.2) is 8.32 Å². The summed E-state index contributed by atoms with van der Waals surface area (Å²) in [5.74, 6) is 2.49. The quantitative estimate of drug-likeness (QED) is 0.0768. The molecule has 0 amide bonds. The topological polar surface area (TPSA) is 44.8 Å². The SMILES string of the molecule is CCCCCCCCSCCCCCCCCOCC(COC(=O)C(C)(C)C)O[Si](C)(C)C(C)(C)C. The van der Waals surface area contributed by atoms with Crippen LogP contribution >= 0.6 is 11.8 Å². The van der Waals surface area contributed by atoms with Crippen LogP contribution in [-0.2, 0) is 18.7 Å². The zero-order chi connectivity index (χ0) is 27.5. The lowest BCUT2D eigenvalue weighted by atomic mass is 9.97. The molecule has 0 aromatic rings. The van der Waals surface area contributed by atoms with Gasteiger partial charge in [0.05, 0.1) is 12.0 Å². The van der Waals surface area contributed by atoms with Crippen molar-refractivity contribution in [3.63, 3.8) is 0 Å². The van der Waals surface area contributed by atoms with Crippen LogP contribution < -0.4 is 0 Å². The molecule has 0 aromatic heterocycles. The highest BCUT2D eigenvalue weighted by Gasteiger charge is 2.39. The Hall–Kier alpha value is -0.0431. The maximum absolute atomic E-state index is 12.3. The van der Waals surface area contributed by atoms with Crippen LogP contribution in [0, 0.1) is 5.41 Å². The van der Waals surface area contributed by atoms with E-state index in [4.69, 9.17) is 13.9 Å². The second-order valence-corrected chi connectivity index (χ2v) is 18.9. The Kier molecular flexibility index (Phi) is 19.9. The van der Waals surface area contributed by atoms with E-state index in [-0.39, 0.29) is 23.7 Å². The number of unbranched alkanes of at least 4 members (excludes halogenated alkanes) is 10. The smallest absolute Gasteiger partial charge is 0.311 e. The minimum absolute atomic E-state index is 0.103. The van der Waals surface area contributed by atoms with Crippen molar-refractivity contribution >= 4 is 26.0 Å². The molecule has 0 N–H and O–H groups in total. The van der Waals surface area contributed by atoms with Crippen LogP contribution in [0.3, 0.4) is 0 Å². The van der Waals surface area contributed by atoms with Crippen LogP contribution in [0.2, 0.25) is 18.1 Å². The molecular weight excluding hydrogens is 484 g/mol. The van der Waals surface area contributed by atoms with Gasteiger partial charge in [-0.2, -0.15) is 11.8 Å². The molecule has 0 spiro atoms. The van der Waals surface area contributed by atoms with Crippen molar-refractivity contribution in [2.24, 2.45) is 5.41 Å². The van der Waals surface area contributed by atoms with Crippen LogP contribution in [0.25, 0.3) is 0 Å². The Morgan fingerprint density at radius 3 is 1.75 bits per heavy atom. The Balaban J connectivity index is 3.96. The molecule has 0 radical (unpaired) electrons. The second-order valence-electron chi connectivity index (χ2n) is 12.9.